The van der Waals surface area contributed by atoms with Crippen molar-refractivity contribution in [2.45, 2.75) is 13.5 Å². The quantitative estimate of drug-likeness (QED) is 0.328. The molecule has 0 saturated heterocycles. The fourth-order valence-corrected chi connectivity index (χ4v) is 3.23. The Bertz CT molecular complexity index is 1270. The number of aromatic nitrogens is 2. The van der Waals surface area contributed by atoms with E-state index in [0.29, 0.717) is 46.4 Å². The van der Waals surface area contributed by atoms with Crippen LogP contribution in [-0.4, -0.2) is 47.9 Å². The number of pyridine rings is 2. The molecule has 9 heteroatoms. The van der Waals surface area contributed by atoms with Gasteiger partial charge in [-0.05, 0) is 30.7 Å². The highest BCUT2D eigenvalue weighted by Crippen LogP contribution is 2.28. The number of anilines is 1. The Morgan fingerprint density at radius 2 is 1.94 bits per heavy atom. The van der Waals surface area contributed by atoms with Gasteiger partial charge in [0.15, 0.2) is 0 Å². The monoisotopic (exact) mass is 487 g/mol. The zero-order valence-corrected chi connectivity index (χ0v) is 20.7. The van der Waals surface area contributed by atoms with E-state index < -0.39 is 0 Å². The molecule has 186 valence electrons. The first-order valence-electron chi connectivity index (χ1n) is 11.1. The van der Waals surface area contributed by atoms with Crippen molar-refractivity contribution in [3.63, 3.8) is 0 Å². The SMILES string of the molecule is C=C/C(=C\N(C)C)C(=O)Nc1cc(Oc2cccc(C(=O)NCc3ccc(OC)nc3)c2C)ccn1. The number of carbonyl (C=O) groups excluding carboxylic acids is 2. The van der Waals surface area contributed by atoms with Gasteiger partial charge in [-0.25, -0.2) is 9.97 Å². The molecule has 2 N–H and O–H groups in total. The molecule has 0 spiro atoms. The Kier molecular flexibility index (Phi) is 8.77. The number of benzene rings is 1. The summed E-state index contributed by atoms with van der Waals surface area (Å²) in [7, 11) is 5.18. The summed E-state index contributed by atoms with van der Waals surface area (Å²) in [6.45, 7) is 5.81. The highest BCUT2D eigenvalue weighted by Gasteiger charge is 2.14. The van der Waals surface area contributed by atoms with Gasteiger partial charge >= 0.3 is 0 Å². The van der Waals surface area contributed by atoms with Crippen molar-refractivity contribution in [1.29, 1.82) is 0 Å². The van der Waals surface area contributed by atoms with E-state index in [-0.39, 0.29) is 11.8 Å². The van der Waals surface area contributed by atoms with E-state index in [1.807, 2.05) is 27.1 Å². The van der Waals surface area contributed by atoms with Crippen LogP contribution < -0.4 is 20.1 Å². The molecule has 1 aromatic carbocycles. The highest BCUT2D eigenvalue weighted by molar-refractivity contribution is 6.05. The summed E-state index contributed by atoms with van der Waals surface area (Å²) in [4.78, 5) is 35.4. The van der Waals surface area contributed by atoms with Gasteiger partial charge in [0.05, 0.1) is 12.7 Å². The van der Waals surface area contributed by atoms with E-state index >= 15 is 0 Å². The molecule has 0 aliphatic heterocycles. The highest BCUT2D eigenvalue weighted by atomic mass is 16.5. The van der Waals surface area contributed by atoms with Gasteiger partial charge in [-0.2, -0.15) is 0 Å². The maximum absolute atomic E-state index is 12.8. The number of hydrogen-bond acceptors (Lipinski definition) is 7. The maximum Gasteiger partial charge on any atom is 0.258 e. The number of hydrogen-bond donors (Lipinski definition) is 2. The summed E-state index contributed by atoms with van der Waals surface area (Å²) in [6, 6.07) is 12.1. The third kappa shape index (κ3) is 6.92. The van der Waals surface area contributed by atoms with Gasteiger partial charge in [0, 0.05) is 62.5 Å². The maximum atomic E-state index is 12.8. The number of methoxy groups -OCH3 is 1. The smallest absolute Gasteiger partial charge is 0.258 e. The number of nitrogens with zero attached hydrogens (tertiary/aromatic N) is 3. The largest absolute Gasteiger partial charge is 0.481 e. The number of carbonyl (C=O) groups is 2. The molecule has 0 radical (unpaired) electrons. The Morgan fingerprint density at radius 3 is 2.61 bits per heavy atom. The third-order valence-corrected chi connectivity index (χ3v) is 5.07. The van der Waals surface area contributed by atoms with E-state index in [1.165, 1.54) is 12.3 Å². The second kappa shape index (κ2) is 12.2. The summed E-state index contributed by atoms with van der Waals surface area (Å²) >= 11 is 0. The molecule has 0 saturated carbocycles. The molecular formula is C27H29N5O4. The van der Waals surface area contributed by atoms with E-state index in [4.69, 9.17) is 9.47 Å². The van der Waals surface area contributed by atoms with Gasteiger partial charge in [0.1, 0.15) is 17.3 Å². The van der Waals surface area contributed by atoms with Gasteiger partial charge in [-0.1, -0.05) is 24.8 Å². The van der Waals surface area contributed by atoms with Gasteiger partial charge in [0.2, 0.25) is 5.88 Å². The molecule has 3 rings (SSSR count). The fourth-order valence-electron chi connectivity index (χ4n) is 3.23. The lowest BCUT2D eigenvalue weighted by Crippen LogP contribution is -2.23. The van der Waals surface area contributed by atoms with E-state index in [9.17, 15) is 9.59 Å². The minimum Gasteiger partial charge on any atom is -0.481 e. The predicted molar refractivity (Wildman–Crippen MR) is 138 cm³/mol. The molecule has 2 aromatic heterocycles. The second-order valence-electron chi connectivity index (χ2n) is 8.01. The van der Waals surface area contributed by atoms with Crippen LogP contribution in [0.25, 0.3) is 0 Å². The van der Waals surface area contributed by atoms with E-state index in [1.54, 1.807) is 60.8 Å². The van der Waals surface area contributed by atoms with Crippen LogP contribution >= 0.6 is 0 Å². The minimum absolute atomic E-state index is 0.235. The van der Waals surface area contributed by atoms with Crippen LogP contribution in [0.5, 0.6) is 17.4 Å². The van der Waals surface area contributed by atoms with Crippen LogP contribution in [0.4, 0.5) is 5.82 Å². The van der Waals surface area contributed by atoms with Crippen molar-refractivity contribution in [2.24, 2.45) is 0 Å². The van der Waals surface area contributed by atoms with Crippen LogP contribution in [0.2, 0.25) is 0 Å². The van der Waals surface area contributed by atoms with Crippen molar-refractivity contribution in [3.8, 4) is 17.4 Å². The van der Waals surface area contributed by atoms with Gasteiger partial charge in [-0.15, -0.1) is 0 Å². The molecule has 2 amide bonds. The molecule has 0 fully saturated rings. The summed E-state index contributed by atoms with van der Waals surface area (Å²) in [5.41, 5.74) is 2.41. The summed E-state index contributed by atoms with van der Waals surface area (Å²) < 4.78 is 11.1. The summed E-state index contributed by atoms with van der Waals surface area (Å²) in [5, 5.41) is 5.63. The standard InChI is InChI=1S/C27H29N5O4/c1-6-20(17-32(3)4)26(33)31-24-14-21(12-13-28-24)36-23-9-7-8-22(18(23)2)27(34)30-16-19-10-11-25(35-5)29-15-19/h6-15,17H,1,16H2,2-5H3,(H,30,34)(H,28,31,33)/b20-17+. The lowest BCUT2D eigenvalue weighted by Gasteiger charge is -2.14. The molecule has 0 aliphatic rings. The molecule has 0 aliphatic carbocycles. The topological polar surface area (TPSA) is 106 Å². The third-order valence-electron chi connectivity index (χ3n) is 5.07. The lowest BCUT2D eigenvalue weighted by molar-refractivity contribution is -0.112. The Balaban J connectivity index is 1.70. The number of ether oxygens (including phenoxy) is 2. The first-order valence-corrected chi connectivity index (χ1v) is 11.1. The van der Waals surface area contributed by atoms with Crippen LogP contribution in [0.15, 0.2) is 79.3 Å². The van der Waals surface area contributed by atoms with Crippen molar-refractivity contribution in [3.05, 3.63) is 96.0 Å². The van der Waals surface area contributed by atoms with Crippen LogP contribution in [0, 0.1) is 6.92 Å². The van der Waals surface area contributed by atoms with Crippen molar-refractivity contribution >= 4 is 17.6 Å². The molecule has 0 atom stereocenters. The van der Waals surface area contributed by atoms with Gasteiger partial charge < -0.3 is 25.0 Å². The van der Waals surface area contributed by atoms with Crippen molar-refractivity contribution in [1.82, 2.24) is 20.2 Å². The van der Waals surface area contributed by atoms with Crippen LogP contribution in [-0.2, 0) is 11.3 Å². The molecule has 2 heterocycles. The van der Waals surface area contributed by atoms with Crippen molar-refractivity contribution in [2.75, 3.05) is 26.5 Å². The Morgan fingerprint density at radius 1 is 1.14 bits per heavy atom. The average Bonchev–Trinajstić information content (AvgIpc) is 2.87. The van der Waals surface area contributed by atoms with Crippen molar-refractivity contribution < 1.29 is 19.1 Å². The molecular weight excluding hydrogens is 458 g/mol. The van der Waals surface area contributed by atoms with Gasteiger partial charge in [0.25, 0.3) is 11.8 Å². The zero-order chi connectivity index (χ0) is 26.1. The van der Waals surface area contributed by atoms with E-state index in [0.717, 1.165) is 5.56 Å². The average molecular weight is 488 g/mol. The fraction of sp³-hybridized carbons (Fsp3) is 0.185. The first-order chi connectivity index (χ1) is 17.3. The predicted octanol–water partition coefficient (Wildman–Crippen LogP) is 4.09. The number of rotatable bonds is 10. The van der Waals surface area contributed by atoms with Crippen LogP contribution in [0.1, 0.15) is 21.5 Å². The normalized spacial score (nSPS) is 10.8. The molecule has 0 bridgehead atoms. The lowest BCUT2D eigenvalue weighted by atomic mass is 10.1. The summed E-state index contributed by atoms with van der Waals surface area (Å²) in [5.74, 6) is 1.23. The molecule has 36 heavy (non-hydrogen) atoms. The van der Waals surface area contributed by atoms with Gasteiger partial charge in [-0.3, -0.25) is 9.59 Å². The Labute approximate surface area is 210 Å². The molecule has 3 aromatic rings. The number of amides is 2. The Hall–Kier alpha value is -4.66. The number of nitrogens with one attached hydrogen (secondary N) is 2. The van der Waals surface area contributed by atoms with Crippen LogP contribution in [0.3, 0.4) is 0 Å². The molecule has 0 unspecified atom stereocenters. The van der Waals surface area contributed by atoms with E-state index in [2.05, 4.69) is 27.2 Å². The minimum atomic E-state index is -0.342. The first kappa shape index (κ1) is 26.0. The second-order valence-corrected chi connectivity index (χ2v) is 8.01. The molecule has 9 nitrogen and oxygen atoms in total. The summed E-state index contributed by atoms with van der Waals surface area (Å²) in [6.07, 6.45) is 6.32. The zero-order valence-electron chi connectivity index (χ0n) is 20.7.